The first kappa shape index (κ1) is 26.1. The number of rotatable bonds is 4. The van der Waals surface area contributed by atoms with Gasteiger partial charge in [0.2, 0.25) is 6.20 Å². The molecule has 0 saturated heterocycles. The van der Waals surface area contributed by atoms with Crippen molar-refractivity contribution in [3.05, 3.63) is 75.5 Å². The van der Waals surface area contributed by atoms with Gasteiger partial charge in [-0.25, -0.2) is 9.18 Å². The van der Waals surface area contributed by atoms with Crippen LogP contribution in [0.3, 0.4) is 0 Å². The maximum Gasteiger partial charge on any atom is 0.340 e. The summed E-state index contributed by atoms with van der Waals surface area (Å²) in [6, 6.07) is 6.22. The van der Waals surface area contributed by atoms with Crippen molar-refractivity contribution in [3.8, 4) is 5.69 Å². The van der Waals surface area contributed by atoms with Gasteiger partial charge in [-0.2, -0.15) is 0 Å². The van der Waals surface area contributed by atoms with Crippen molar-refractivity contribution in [3.63, 3.8) is 0 Å². The molecule has 0 fully saturated rings. The molecular formula is C24H33FN2O4. The first-order valence-corrected chi connectivity index (χ1v) is 10.2. The largest absolute Gasteiger partial charge is 0.462 e. The van der Waals surface area contributed by atoms with Gasteiger partial charge >= 0.3 is 5.97 Å². The molecule has 0 N–H and O–H groups in total. The first-order valence-electron chi connectivity index (χ1n) is 10.2. The van der Waals surface area contributed by atoms with Gasteiger partial charge in [0.25, 0.3) is 0 Å². The van der Waals surface area contributed by atoms with Crippen LogP contribution in [0.1, 0.15) is 70.1 Å². The Morgan fingerprint density at radius 2 is 1.71 bits per heavy atom. The number of halogens is 1. The molecule has 0 radical (unpaired) electrons. The maximum absolute atomic E-state index is 13.1. The SMILES string of the molecule is CC(C)(C)C=C[N+](=O)[O-].CCOC(=O)c1c(C(C)(C)C)cn(-c2ccc(F)cc2)c1C. The van der Waals surface area contributed by atoms with Crippen molar-refractivity contribution in [2.24, 2.45) is 5.41 Å². The number of ether oxygens (including phenoxy) is 1. The van der Waals surface area contributed by atoms with Crippen LogP contribution in [0.2, 0.25) is 0 Å². The van der Waals surface area contributed by atoms with Gasteiger partial charge in [0.05, 0.1) is 17.1 Å². The molecule has 0 unspecified atom stereocenters. The summed E-state index contributed by atoms with van der Waals surface area (Å²) in [5, 5.41) is 9.76. The van der Waals surface area contributed by atoms with Gasteiger partial charge in [-0.15, -0.1) is 0 Å². The van der Waals surface area contributed by atoms with E-state index in [0.29, 0.717) is 12.2 Å². The molecule has 2 rings (SSSR count). The van der Waals surface area contributed by atoms with Crippen LogP contribution in [0.5, 0.6) is 0 Å². The monoisotopic (exact) mass is 432 g/mol. The second-order valence-electron chi connectivity index (χ2n) is 9.29. The zero-order valence-electron chi connectivity index (χ0n) is 19.7. The summed E-state index contributed by atoms with van der Waals surface area (Å²) in [6.45, 7) is 15.9. The fourth-order valence-corrected chi connectivity index (χ4v) is 2.79. The molecule has 31 heavy (non-hydrogen) atoms. The predicted molar refractivity (Wildman–Crippen MR) is 121 cm³/mol. The second-order valence-corrected chi connectivity index (χ2v) is 9.29. The normalized spacial score (nSPS) is 11.8. The number of hydrogen-bond acceptors (Lipinski definition) is 4. The third kappa shape index (κ3) is 8.00. The molecule has 0 atom stereocenters. The zero-order valence-corrected chi connectivity index (χ0v) is 19.7. The Hall–Kier alpha value is -2.96. The van der Waals surface area contributed by atoms with Crippen LogP contribution in [-0.2, 0) is 10.2 Å². The number of carbonyl (C=O) groups excluding carboxylic acids is 1. The molecule has 0 aliphatic rings. The Labute approximate surface area is 183 Å². The van der Waals surface area contributed by atoms with Gasteiger partial charge in [0, 0.05) is 17.6 Å². The molecule has 1 aromatic carbocycles. The van der Waals surface area contributed by atoms with Crippen LogP contribution < -0.4 is 0 Å². The summed E-state index contributed by atoms with van der Waals surface area (Å²) in [4.78, 5) is 21.6. The fraction of sp³-hybridized carbons (Fsp3) is 0.458. The van der Waals surface area contributed by atoms with Crippen LogP contribution in [0.25, 0.3) is 5.69 Å². The van der Waals surface area contributed by atoms with E-state index in [2.05, 4.69) is 20.8 Å². The Kier molecular flexibility index (Phi) is 8.73. The number of hydrogen-bond donors (Lipinski definition) is 0. The maximum atomic E-state index is 13.1. The highest BCUT2D eigenvalue weighted by Gasteiger charge is 2.28. The van der Waals surface area contributed by atoms with Gasteiger partial charge in [-0.3, -0.25) is 10.1 Å². The highest BCUT2D eigenvalue weighted by atomic mass is 19.1. The van der Waals surface area contributed by atoms with Crippen LogP contribution in [-0.4, -0.2) is 22.1 Å². The Balaban J connectivity index is 0.000000452. The molecule has 7 heteroatoms. The van der Waals surface area contributed by atoms with Gasteiger partial charge in [0.1, 0.15) is 5.82 Å². The van der Waals surface area contributed by atoms with E-state index in [-0.39, 0.29) is 22.6 Å². The van der Waals surface area contributed by atoms with Gasteiger partial charge in [-0.05, 0) is 60.6 Å². The summed E-state index contributed by atoms with van der Waals surface area (Å²) in [5.41, 5.74) is 2.85. The molecule has 6 nitrogen and oxygen atoms in total. The predicted octanol–water partition coefficient (Wildman–Crippen LogP) is 6.22. The zero-order chi connectivity index (χ0) is 24.0. The van der Waals surface area contributed by atoms with Crippen molar-refractivity contribution in [2.45, 2.75) is 60.8 Å². The molecule has 170 valence electrons. The van der Waals surface area contributed by atoms with Gasteiger partial charge in [0.15, 0.2) is 0 Å². The van der Waals surface area contributed by atoms with Gasteiger partial charge in [-0.1, -0.05) is 41.5 Å². The highest BCUT2D eigenvalue weighted by molar-refractivity contribution is 5.93. The average Bonchev–Trinajstić information content (AvgIpc) is 2.99. The van der Waals surface area contributed by atoms with Crippen LogP contribution >= 0.6 is 0 Å². The third-order valence-electron chi connectivity index (χ3n) is 4.34. The van der Waals surface area contributed by atoms with E-state index in [1.165, 1.54) is 12.1 Å². The molecule has 0 aliphatic carbocycles. The Morgan fingerprint density at radius 3 is 2.10 bits per heavy atom. The minimum absolute atomic E-state index is 0.0902. The lowest BCUT2D eigenvalue weighted by Crippen LogP contribution is -2.17. The highest BCUT2D eigenvalue weighted by Crippen LogP contribution is 2.32. The number of nitro groups is 1. The summed E-state index contributed by atoms with van der Waals surface area (Å²) >= 11 is 0. The van der Waals surface area contributed by atoms with Crippen molar-refractivity contribution < 1.29 is 18.8 Å². The van der Waals surface area contributed by atoms with Crippen molar-refractivity contribution in [1.29, 1.82) is 0 Å². The van der Waals surface area contributed by atoms with E-state index < -0.39 is 4.92 Å². The van der Waals surface area contributed by atoms with Crippen LogP contribution in [0.15, 0.2) is 42.7 Å². The van der Waals surface area contributed by atoms with Crippen LogP contribution in [0, 0.1) is 28.3 Å². The van der Waals surface area contributed by atoms with E-state index >= 15 is 0 Å². The summed E-state index contributed by atoms with van der Waals surface area (Å²) in [7, 11) is 0. The van der Waals surface area contributed by atoms with Crippen molar-refractivity contribution in [2.75, 3.05) is 6.61 Å². The number of esters is 1. The lowest BCUT2D eigenvalue weighted by Gasteiger charge is -2.18. The second kappa shape index (κ2) is 10.4. The summed E-state index contributed by atoms with van der Waals surface area (Å²) < 4.78 is 20.2. The first-order chi connectivity index (χ1) is 14.2. The molecular weight excluding hydrogens is 399 g/mol. The van der Waals surface area contributed by atoms with E-state index in [4.69, 9.17) is 4.74 Å². The standard InChI is InChI=1S/C18H22FNO2.C6H11NO2/c1-6-22-17(21)16-12(2)20(11-15(16)18(3,4)5)14-9-7-13(19)8-10-14;1-6(2,3)4-5-7(8)9/h7-11H,6H2,1-5H3;4-5H,1-3H3. The van der Waals surface area contributed by atoms with E-state index in [0.717, 1.165) is 23.1 Å². The van der Waals surface area contributed by atoms with E-state index in [1.807, 2.05) is 38.5 Å². The van der Waals surface area contributed by atoms with Crippen molar-refractivity contribution >= 4 is 5.97 Å². The number of allylic oxidation sites excluding steroid dienone is 1. The smallest absolute Gasteiger partial charge is 0.340 e. The Bertz CT molecular complexity index is 930. The molecule has 0 aliphatic heterocycles. The minimum Gasteiger partial charge on any atom is -0.462 e. The summed E-state index contributed by atoms with van der Waals surface area (Å²) in [6.07, 6.45) is 4.47. The van der Waals surface area contributed by atoms with E-state index in [1.54, 1.807) is 25.1 Å². The quantitative estimate of drug-likeness (QED) is 0.326. The number of nitrogens with zero attached hydrogens (tertiary/aromatic N) is 2. The Morgan fingerprint density at radius 1 is 1.16 bits per heavy atom. The average molecular weight is 433 g/mol. The molecule has 0 saturated carbocycles. The van der Waals surface area contributed by atoms with E-state index in [9.17, 15) is 19.3 Å². The number of carbonyl (C=O) groups is 1. The molecule has 0 spiro atoms. The number of benzene rings is 1. The molecule has 2 aromatic rings. The topological polar surface area (TPSA) is 74.4 Å². The molecule has 1 aromatic heterocycles. The molecule has 1 heterocycles. The molecule has 0 bridgehead atoms. The number of aromatic nitrogens is 1. The van der Waals surface area contributed by atoms with Crippen molar-refractivity contribution in [1.82, 2.24) is 4.57 Å². The van der Waals surface area contributed by atoms with Gasteiger partial charge < -0.3 is 9.30 Å². The lowest BCUT2D eigenvalue weighted by atomic mass is 9.86. The van der Waals surface area contributed by atoms with Crippen LogP contribution in [0.4, 0.5) is 4.39 Å². The summed E-state index contributed by atoms with van der Waals surface area (Å²) in [5.74, 6) is -0.596. The minimum atomic E-state index is -0.453. The third-order valence-corrected chi connectivity index (χ3v) is 4.34. The lowest BCUT2D eigenvalue weighted by molar-refractivity contribution is -0.403. The fourth-order valence-electron chi connectivity index (χ4n) is 2.79. The molecule has 0 amide bonds.